The topological polar surface area (TPSA) is 184 Å². The van der Waals surface area contributed by atoms with Crippen molar-refractivity contribution in [3.8, 4) is 0 Å². The zero-order valence-electron chi connectivity index (χ0n) is 6.25. The van der Waals surface area contributed by atoms with E-state index >= 15 is 0 Å². The molecule has 0 radical (unpaired) electrons. The molecule has 0 aromatic heterocycles. The molecule has 0 N–H and O–H groups in total. The molecule has 0 rings (SSSR count). The zero-order valence-corrected chi connectivity index (χ0v) is 12.3. The van der Waals surface area contributed by atoms with Gasteiger partial charge in [0.25, 0.3) is 0 Å². The molecule has 0 saturated heterocycles. The van der Waals surface area contributed by atoms with E-state index in [-0.39, 0.29) is 57.3 Å². The van der Waals surface area contributed by atoms with E-state index in [1.807, 2.05) is 0 Å². The van der Waals surface area contributed by atoms with Crippen molar-refractivity contribution in [2.24, 2.45) is 0 Å². The minimum absolute atomic E-state index is 0. The summed E-state index contributed by atoms with van der Waals surface area (Å²) in [5.74, 6) is 0. The van der Waals surface area contributed by atoms with E-state index in [2.05, 4.69) is 0 Å². The third-order valence-corrected chi connectivity index (χ3v) is 0. The van der Waals surface area contributed by atoms with E-state index in [4.69, 9.17) is 38.4 Å². The minimum atomic E-state index is -5.61. The Labute approximate surface area is 113 Å². The molecule has 0 spiro atoms. The second-order valence-electron chi connectivity index (χ2n) is 1.00. The molecular formula is AlLiO8Si2W-4. The first-order valence-electron chi connectivity index (χ1n) is 1.63. The number of rotatable bonds is 0. The van der Waals surface area contributed by atoms with Crippen LogP contribution in [0.5, 0.6) is 0 Å². The molecule has 70 valence electrons. The standard InChI is InChI=1S/Al.Li.2O4Si.W/c;;2*1-5(2,3)4;/q+3;+1;2*-4;. The predicted molar refractivity (Wildman–Crippen MR) is 17.3 cm³/mol. The van der Waals surface area contributed by atoms with E-state index < -0.39 is 18.1 Å². The van der Waals surface area contributed by atoms with Gasteiger partial charge in [-0.05, 0) is 0 Å². The van der Waals surface area contributed by atoms with Crippen molar-refractivity contribution in [2.45, 2.75) is 0 Å². The SMILES string of the molecule is [Al+3].[Li+].[O-][Si]([O-])([O-])[O-].[O-][Si]([O-])([O-])[O-].[W]. The maximum Gasteiger partial charge on any atom is 3.00 e. The Kier molecular flexibility index (Phi) is 27.1. The van der Waals surface area contributed by atoms with Crippen molar-refractivity contribution >= 4 is 35.5 Å². The Bertz CT molecular complexity index is 65.1. The summed E-state index contributed by atoms with van der Waals surface area (Å²) in [7, 11) is -11.2. The van der Waals surface area contributed by atoms with E-state index in [0.717, 1.165) is 0 Å². The van der Waals surface area contributed by atoms with Crippen LogP contribution in [-0.4, -0.2) is 35.5 Å². The smallest absolute Gasteiger partial charge is 0.894 e. The first-order valence-corrected chi connectivity index (χ1v) is 4.90. The molecule has 0 aromatic rings. The molecule has 13 heavy (non-hydrogen) atoms. The molecule has 0 saturated carbocycles. The van der Waals surface area contributed by atoms with E-state index in [9.17, 15) is 0 Å². The van der Waals surface area contributed by atoms with Gasteiger partial charge >= 0.3 is 36.2 Å². The summed E-state index contributed by atoms with van der Waals surface area (Å²) in [6.45, 7) is 0. The van der Waals surface area contributed by atoms with Crippen LogP contribution < -0.4 is 57.2 Å². The van der Waals surface area contributed by atoms with Gasteiger partial charge in [0, 0.05) is 21.1 Å². The summed E-state index contributed by atoms with van der Waals surface area (Å²) in [6.07, 6.45) is 0. The molecule has 0 fully saturated rings. The average molecular weight is 402 g/mol. The van der Waals surface area contributed by atoms with E-state index in [1.54, 1.807) is 0 Å². The van der Waals surface area contributed by atoms with Crippen LogP contribution in [0, 0.1) is 0 Å². The van der Waals surface area contributed by atoms with Gasteiger partial charge in [0.05, 0.1) is 0 Å². The second-order valence-corrected chi connectivity index (χ2v) is 3.00. The van der Waals surface area contributed by atoms with E-state index in [0.29, 0.717) is 0 Å². The fourth-order valence-corrected chi connectivity index (χ4v) is 0. The fraction of sp³-hybridized carbons (Fsp3) is 0. The van der Waals surface area contributed by atoms with Crippen molar-refractivity contribution in [1.29, 1.82) is 0 Å². The normalized spacial score (nSPS) is 9.23. The van der Waals surface area contributed by atoms with Crippen molar-refractivity contribution in [3.63, 3.8) is 0 Å². The maximum absolute atomic E-state index is 8.58. The van der Waals surface area contributed by atoms with Crippen molar-refractivity contribution in [2.75, 3.05) is 0 Å². The van der Waals surface area contributed by atoms with Gasteiger partial charge in [-0.1, -0.05) is 0 Å². The molecule has 8 nitrogen and oxygen atoms in total. The van der Waals surface area contributed by atoms with E-state index in [1.165, 1.54) is 0 Å². The number of hydrogen-bond acceptors (Lipinski definition) is 8. The summed E-state index contributed by atoms with van der Waals surface area (Å²) in [5, 5.41) is 0. The number of hydrogen-bond donors (Lipinski definition) is 0. The molecule has 0 amide bonds. The van der Waals surface area contributed by atoms with Crippen LogP contribution >= 0.6 is 0 Å². The van der Waals surface area contributed by atoms with Crippen molar-refractivity contribution in [1.82, 2.24) is 0 Å². The molecule has 0 heterocycles. The van der Waals surface area contributed by atoms with Crippen LogP contribution in [0.2, 0.25) is 0 Å². The molecule has 0 atom stereocenters. The van der Waals surface area contributed by atoms with Gasteiger partial charge in [-0.2, -0.15) is 0 Å². The Morgan fingerprint density at radius 3 is 0.538 bits per heavy atom. The van der Waals surface area contributed by atoms with Gasteiger partial charge in [0.1, 0.15) is 0 Å². The first kappa shape index (κ1) is 29.4. The third-order valence-electron chi connectivity index (χ3n) is 0. The monoisotopic (exact) mass is 402 g/mol. The van der Waals surface area contributed by atoms with Gasteiger partial charge < -0.3 is 56.5 Å². The van der Waals surface area contributed by atoms with Crippen LogP contribution in [0.1, 0.15) is 0 Å². The molecule has 0 aliphatic carbocycles. The van der Waals surface area contributed by atoms with Crippen LogP contribution in [0.3, 0.4) is 0 Å². The Hall–Kier alpha value is 1.93. The minimum Gasteiger partial charge on any atom is -0.894 e. The second kappa shape index (κ2) is 12.0. The fourth-order valence-electron chi connectivity index (χ4n) is 0. The van der Waals surface area contributed by atoms with Gasteiger partial charge in [-0.25, -0.2) is 0 Å². The Morgan fingerprint density at radius 1 is 0.538 bits per heavy atom. The molecule has 0 aliphatic heterocycles. The largest absolute Gasteiger partial charge is 3.00 e. The van der Waals surface area contributed by atoms with Crippen molar-refractivity contribution in [3.05, 3.63) is 0 Å². The molecule has 0 bridgehead atoms. The predicted octanol–water partition coefficient (Wildman–Crippen LogP) is -13.7. The summed E-state index contributed by atoms with van der Waals surface area (Å²) >= 11 is 0. The van der Waals surface area contributed by atoms with Gasteiger partial charge in [0.2, 0.25) is 0 Å². The molecular weight excluding hydrogens is 402 g/mol. The zero-order chi connectivity index (χ0) is 9.00. The Morgan fingerprint density at radius 2 is 0.538 bits per heavy atom. The summed E-state index contributed by atoms with van der Waals surface area (Å²) in [5.41, 5.74) is 0. The van der Waals surface area contributed by atoms with Crippen LogP contribution in [0.25, 0.3) is 0 Å². The Balaban J connectivity index is -0.0000000267. The van der Waals surface area contributed by atoms with Crippen LogP contribution in [0.15, 0.2) is 0 Å². The average Bonchev–Trinajstić information content (AvgIpc) is 1.12. The maximum atomic E-state index is 8.58. The van der Waals surface area contributed by atoms with Gasteiger partial charge in [0.15, 0.2) is 0 Å². The van der Waals surface area contributed by atoms with Gasteiger partial charge in [-0.3, -0.25) is 0 Å². The van der Waals surface area contributed by atoms with Crippen LogP contribution in [-0.2, 0) is 21.1 Å². The quantitative estimate of drug-likeness (QED) is 0.358. The summed E-state index contributed by atoms with van der Waals surface area (Å²) in [6, 6.07) is 0. The molecule has 13 heteroatoms. The first-order chi connectivity index (χ1) is 4.00. The van der Waals surface area contributed by atoms with Crippen LogP contribution in [0.4, 0.5) is 0 Å². The molecule has 0 aliphatic rings. The molecule has 0 aromatic carbocycles. The van der Waals surface area contributed by atoms with Gasteiger partial charge in [-0.15, -0.1) is 0 Å². The third kappa shape index (κ3) is 531. The summed E-state index contributed by atoms with van der Waals surface area (Å²) < 4.78 is 0. The summed E-state index contributed by atoms with van der Waals surface area (Å²) in [4.78, 5) is 68.6. The molecule has 0 unspecified atom stereocenters. The van der Waals surface area contributed by atoms with Crippen molar-refractivity contribution < 1.29 is 78.3 Å².